The Kier molecular flexibility index (Phi) is 7.69. The second-order valence-electron chi connectivity index (χ2n) is 8.18. The van der Waals surface area contributed by atoms with Crippen molar-refractivity contribution in [2.45, 2.75) is 39.7 Å². The van der Waals surface area contributed by atoms with Crippen LogP contribution in [0.4, 0.5) is 5.69 Å². The van der Waals surface area contributed by atoms with Crippen molar-refractivity contribution in [1.29, 1.82) is 0 Å². The SMILES string of the molecule is Cc1cc(/C=N\NC(=O)C(NC(=O)c2cccc(Cl)c2)C(C)C)ccc1N1CCCC1. The van der Waals surface area contributed by atoms with Crippen molar-refractivity contribution in [2.75, 3.05) is 18.0 Å². The fourth-order valence-electron chi connectivity index (χ4n) is 3.70. The summed E-state index contributed by atoms with van der Waals surface area (Å²) in [6.07, 6.45) is 4.09. The molecular weight excluding hydrogens is 412 g/mol. The van der Waals surface area contributed by atoms with Crippen LogP contribution in [0.25, 0.3) is 0 Å². The van der Waals surface area contributed by atoms with Crippen LogP contribution in [0.3, 0.4) is 0 Å². The number of anilines is 1. The summed E-state index contributed by atoms with van der Waals surface area (Å²) in [6.45, 7) is 8.02. The van der Waals surface area contributed by atoms with Crippen molar-refractivity contribution in [1.82, 2.24) is 10.7 Å². The number of amides is 2. The number of nitrogens with zero attached hydrogens (tertiary/aromatic N) is 2. The molecule has 1 aliphatic rings. The van der Waals surface area contributed by atoms with Gasteiger partial charge in [0.1, 0.15) is 6.04 Å². The molecule has 2 aromatic rings. The highest BCUT2D eigenvalue weighted by atomic mass is 35.5. The second-order valence-corrected chi connectivity index (χ2v) is 8.62. The third-order valence-electron chi connectivity index (χ3n) is 5.38. The molecule has 164 valence electrons. The first-order chi connectivity index (χ1) is 14.8. The van der Waals surface area contributed by atoms with Crippen LogP contribution in [-0.4, -0.2) is 37.2 Å². The van der Waals surface area contributed by atoms with Gasteiger partial charge in [-0.15, -0.1) is 0 Å². The summed E-state index contributed by atoms with van der Waals surface area (Å²) in [5.41, 5.74) is 6.30. The zero-order valence-corrected chi connectivity index (χ0v) is 18.9. The van der Waals surface area contributed by atoms with Crippen molar-refractivity contribution in [3.63, 3.8) is 0 Å². The minimum atomic E-state index is -0.720. The summed E-state index contributed by atoms with van der Waals surface area (Å²) in [5, 5.41) is 7.33. The van der Waals surface area contributed by atoms with Crippen molar-refractivity contribution in [2.24, 2.45) is 11.0 Å². The lowest BCUT2D eigenvalue weighted by Crippen LogP contribution is -2.48. The minimum absolute atomic E-state index is 0.111. The Labute approximate surface area is 188 Å². The molecule has 1 saturated heterocycles. The third kappa shape index (κ3) is 6.07. The normalized spacial score (nSPS) is 14.8. The van der Waals surface area contributed by atoms with Gasteiger partial charge in [-0.1, -0.05) is 37.6 Å². The van der Waals surface area contributed by atoms with E-state index in [1.807, 2.05) is 19.9 Å². The van der Waals surface area contributed by atoms with E-state index in [0.717, 1.165) is 18.7 Å². The molecule has 0 radical (unpaired) electrons. The number of hydrogen-bond acceptors (Lipinski definition) is 4. The summed E-state index contributed by atoms with van der Waals surface area (Å²) in [5.74, 6) is -0.833. The largest absolute Gasteiger partial charge is 0.371 e. The molecular formula is C24H29ClN4O2. The number of halogens is 1. The van der Waals surface area contributed by atoms with Gasteiger partial charge in [-0.3, -0.25) is 9.59 Å². The highest BCUT2D eigenvalue weighted by Gasteiger charge is 2.24. The minimum Gasteiger partial charge on any atom is -0.371 e. The molecule has 1 aliphatic heterocycles. The van der Waals surface area contributed by atoms with Crippen LogP contribution < -0.4 is 15.6 Å². The Bertz CT molecular complexity index is 968. The highest BCUT2D eigenvalue weighted by Crippen LogP contribution is 2.24. The van der Waals surface area contributed by atoms with Crippen LogP contribution in [0.2, 0.25) is 5.02 Å². The summed E-state index contributed by atoms with van der Waals surface area (Å²) < 4.78 is 0. The number of carbonyl (C=O) groups is 2. The van der Waals surface area contributed by atoms with Crippen molar-refractivity contribution in [3.8, 4) is 0 Å². The number of hydrazone groups is 1. The van der Waals surface area contributed by atoms with Gasteiger partial charge >= 0.3 is 0 Å². The van der Waals surface area contributed by atoms with E-state index in [-0.39, 0.29) is 17.7 Å². The number of carbonyl (C=O) groups excluding carboxylic acids is 2. The topological polar surface area (TPSA) is 73.8 Å². The number of nitrogens with one attached hydrogen (secondary N) is 2. The molecule has 6 nitrogen and oxygen atoms in total. The lowest BCUT2D eigenvalue weighted by molar-refractivity contribution is -0.123. The fourth-order valence-corrected chi connectivity index (χ4v) is 3.89. The number of aryl methyl sites for hydroxylation is 1. The Morgan fingerprint density at radius 2 is 1.87 bits per heavy atom. The molecule has 7 heteroatoms. The Morgan fingerprint density at radius 3 is 2.52 bits per heavy atom. The average Bonchev–Trinajstić information content (AvgIpc) is 3.26. The maximum absolute atomic E-state index is 12.6. The molecule has 1 unspecified atom stereocenters. The van der Waals surface area contributed by atoms with Crippen molar-refractivity contribution < 1.29 is 9.59 Å². The Balaban J connectivity index is 1.61. The maximum atomic E-state index is 12.6. The molecule has 2 amide bonds. The molecule has 0 spiro atoms. The zero-order chi connectivity index (χ0) is 22.4. The lowest BCUT2D eigenvalue weighted by atomic mass is 10.0. The van der Waals surface area contributed by atoms with Gasteiger partial charge in [0.25, 0.3) is 11.8 Å². The molecule has 1 fully saturated rings. The molecule has 0 aromatic heterocycles. The lowest BCUT2D eigenvalue weighted by Gasteiger charge is -2.21. The quantitative estimate of drug-likeness (QED) is 0.501. The van der Waals surface area contributed by atoms with Crippen LogP contribution in [0.1, 0.15) is 48.2 Å². The molecule has 1 atom stereocenters. The van der Waals surface area contributed by atoms with Crippen molar-refractivity contribution in [3.05, 3.63) is 64.2 Å². The van der Waals surface area contributed by atoms with E-state index in [1.165, 1.54) is 24.1 Å². The Hall–Kier alpha value is -2.86. The van der Waals surface area contributed by atoms with E-state index in [9.17, 15) is 9.59 Å². The summed E-state index contributed by atoms with van der Waals surface area (Å²) in [6, 6.07) is 12.1. The fraction of sp³-hybridized carbons (Fsp3) is 0.375. The highest BCUT2D eigenvalue weighted by molar-refractivity contribution is 6.31. The first kappa shape index (κ1) is 22.8. The van der Waals surface area contributed by atoms with Gasteiger partial charge in [-0.25, -0.2) is 5.43 Å². The first-order valence-corrected chi connectivity index (χ1v) is 11.0. The summed E-state index contributed by atoms with van der Waals surface area (Å²) >= 11 is 5.95. The maximum Gasteiger partial charge on any atom is 0.262 e. The van der Waals surface area contributed by atoms with E-state index >= 15 is 0 Å². The van der Waals surface area contributed by atoms with E-state index in [1.54, 1.807) is 30.5 Å². The predicted octanol–water partition coefficient (Wildman–Crippen LogP) is 4.15. The van der Waals surface area contributed by atoms with E-state index in [2.05, 4.69) is 39.8 Å². The number of rotatable bonds is 7. The van der Waals surface area contributed by atoms with Gasteiger partial charge in [0.15, 0.2) is 0 Å². The van der Waals surface area contributed by atoms with Gasteiger partial charge in [0.05, 0.1) is 6.21 Å². The molecule has 1 heterocycles. The van der Waals surface area contributed by atoms with Crippen LogP contribution >= 0.6 is 11.6 Å². The molecule has 2 N–H and O–H groups in total. The van der Waals surface area contributed by atoms with Gasteiger partial charge in [-0.2, -0.15) is 5.10 Å². The predicted molar refractivity (Wildman–Crippen MR) is 126 cm³/mol. The average molecular weight is 441 g/mol. The van der Waals surface area contributed by atoms with Crippen molar-refractivity contribution >= 4 is 35.3 Å². The first-order valence-electron chi connectivity index (χ1n) is 10.6. The monoisotopic (exact) mass is 440 g/mol. The van der Waals surface area contributed by atoms with Gasteiger partial charge in [0, 0.05) is 29.4 Å². The van der Waals surface area contributed by atoms with Gasteiger partial charge in [-0.05, 0) is 67.1 Å². The van der Waals surface area contributed by atoms with E-state index in [4.69, 9.17) is 11.6 Å². The molecule has 0 aliphatic carbocycles. The second kappa shape index (κ2) is 10.4. The van der Waals surface area contributed by atoms with E-state index in [0.29, 0.717) is 10.6 Å². The summed E-state index contributed by atoms with van der Waals surface area (Å²) in [4.78, 5) is 27.5. The Morgan fingerprint density at radius 1 is 1.13 bits per heavy atom. The summed E-state index contributed by atoms with van der Waals surface area (Å²) in [7, 11) is 0. The third-order valence-corrected chi connectivity index (χ3v) is 5.61. The van der Waals surface area contributed by atoms with Crippen LogP contribution in [0.5, 0.6) is 0 Å². The zero-order valence-electron chi connectivity index (χ0n) is 18.2. The molecule has 2 aromatic carbocycles. The number of hydrogen-bond donors (Lipinski definition) is 2. The molecule has 0 bridgehead atoms. The molecule has 0 saturated carbocycles. The van der Waals surface area contributed by atoms with Gasteiger partial charge in [0.2, 0.25) is 0 Å². The van der Waals surface area contributed by atoms with Crippen LogP contribution in [0.15, 0.2) is 47.6 Å². The number of benzene rings is 2. The van der Waals surface area contributed by atoms with Crippen LogP contribution in [0, 0.1) is 12.8 Å². The van der Waals surface area contributed by atoms with E-state index < -0.39 is 6.04 Å². The van der Waals surface area contributed by atoms with Crippen LogP contribution in [-0.2, 0) is 4.79 Å². The smallest absolute Gasteiger partial charge is 0.262 e. The van der Waals surface area contributed by atoms with Gasteiger partial charge < -0.3 is 10.2 Å². The standard InChI is InChI=1S/C24H29ClN4O2/c1-16(2)22(27-23(30)19-7-6-8-20(25)14-19)24(31)28-26-15-18-9-10-21(17(3)13-18)29-11-4-5-12-29/h6-10,13-16,22H,4-5,11-12H2,1-3H3,(H,27,30)(H,28,31)/b26-15-. The molecule has 3 rings (SSSR count). The molecule has 31 heavy (non-hydrogen) atoms.